The molecule has 0 unspecified atom stereocenters. The summed E-state index contributed by atoms with van der Waals surface area (Å²) in [5.41, 5.74) is 6.80. The monoisotopic (exact) mass is 254 g/mol. The van der Waals surface area contributed by atoms with Crippen molar-refractivity contribution < 1.29 is 4.74 Å². The Morgan fingerprint density at radius 3 is 2.47 bits per heavy atom. The highest BCUT2D eigenvalue weighted by molar-refractivity contribution is 6.11. The quantitative estimate of drug-likeness (QED) is 0.713. The molecule has 0 saturated heterocycles. The molecule has 1 aromatic carbocycles. The molecular formula is C16H18N2O. The molecule has 0 amide bonds. The van der Waals surface area contributed by atoms with Crippen LogP contribution in [0.3, 0.4) is 0 Å². The minimum absolute atomic E-state index is 0.854. The molecule has 0 fully saturated rings. The predicted molar refractivity (Wildman–Crippen MR) is 79.1 cm³/mol. The third kappa shape index (κ3) is 1.61. The standard InChI is InChI=1S/C16H18N2O/c1-8-6-9(2)17-16-13(19-5)7-12-15(14(8)16)10(3)11(4)18-12/h6-7,17H,1-5H3. The largest absolute Gasteiger partial charge is 0.494 e. The zero-order chi connectivity index (χ0) is 13.7. The molecule has 1 N–H and O–H groups in total. The van der Waals surface area contributed by atoms with Gasteiger partial charge in [-0.25, -0.2) is 0 Å². The second kappa shape index (κ2) is 3.98. The van der Waals surface area contributed by atoms with Gasteiger partial charge in [-0.3, -0.25) is 4.98 Å². The van der Waals surface area contributed by atoms with Crippen molar-refractivity contribution >= 4 is 21.8 Å². The highest BCUT2D eigenvalue weighted by atomic mass is 16.5. The Bertz CT molecular complexity index is 800. The summed E-state index contributed by atoms with van der Waals surface area (Å²) >= 11 is 0. The summed E-state index contributed by atoms with van der Waals surface area (Å²) in [5, 5.41) is 2.46. The molecular weight excluding hydrogens is 236 g/mol. The van der Waals surface area contributed by atoms with E-state index < -0.39 is 0 Å². The van der Waals surface area contributed by atoms with Crippen molar-refractivity contribution in [2.45, 2.75) is 27.7 Å². The van der Waals surface area contributed by atoms with E-state index in [9.17, 15) is 0 Å². The van der Waals surface area contributed by atoms with Crippen LogP contribution in [0.25, 0.3) is 21.8 Å². The van der Waals surface area contributed by atoms with Gasteiger partial charge in [-0.05, 0) is 44.9 Å². The fourth-order valence-electron chi connectivity index (χ4n) is 2.87. The van der Waals surface area contributed by atoms with Crippen LogP contribution in [0.4, 0.5) is 0 Å². The molecule has 0 aliphatic carbocycles. The van der Waals surface area contributed by atoms with E-state index >= 15 is 0 Å². The lowest BCUT2D eigenvalue weighted by atomic mass is 10.0. The van der Waals surface area contributed by atoms with E-state index in [1.807, 2.05) is 6.07 Å². The normalized spacial score (nSPS) is 11.4. The van der Waals surface area contributed by atoms with E-state index in [2.05, 4.69) is 43.7 Å². The smallest absolute Gasteiger partial charge is 0.145 e. The van der Waals surface area contributed by atoms with Gasteiger partial charge in [0.05, 0.1) is 18.1 Å². The summed E-state index contributed by atoms with van der Waals surface area (Å²) in [6.07, 6.45) is 0. The van der Waals surface area contributed by atoms with E-state index in [-0.39, 0.29) is 0 Å². The van der Waals surface area contributed by atoms with Crippen molar-refractivity contribution in [1.29, 1.82) is 0 Å². The number of methoxy groups -OCH3 is 1. The van der Waals surface area contributed by atoms with Crippen LogP contribution in [0, 0.1) is 27.7 Å². The number of ether oxygens (including phenoxy) is 1. The summed E-state index contributed by atoms with van der Waals surface area (Å²) in [6.45, 7) is 8.40. The van der Waals surface area contributed by atoms with Crippen LogP contribution >= 0.6 is 0 Å². The number of hydrogen-bond donors (Lipinski definition) is 1. The van der Waals surface area contributed by atoms with Gasteiger partial charge in [0, 0.05) is 28.2 Å². The third-order valence-corrected chi connectivity index (χ3v) is 3.85. The first-order chi connectivity index (χ1) is 9.02. The first kappa shape index (κ1) is 12.0. The zero-order valence-corrected chi connectivity index (χ0v) is 12.0. The van der Waals surface area contributed by atoms with E-state index in [0.29, 0.717) is 0 Å². The SMILES string of the molecule is COc1cc2nc(C)c(C)c2c2c(C)cc(C)[nH]c12. The molecule has 3 aromatic rings. The average molecular weight is 254 g/mol. The van der Waals surface area contributed by atoms with Crippen molar-refractivity contribution in [3.63, 3.8) is 0 Å². The van der Waals surface area contributed by atoms with Crippen molar-refractivity contribution in [3.8, 4) is 5.75 Å². The number of pyridine rings is 1. The highest BCUT2D eigenvalue weighted by Crippen LogP contribution is 2.36. The van der Waals surface area contributed by atoms with E-state index in [1.54, 1.807) is 7.11 Å². The third-order valence-electron chi connectivity index (χ3n) is 3.85. The van der Waals surface area contributed by atoms with Crippen LogP contribution in [0.15, 0.2) is 12.1 Å². The minimum Gasteiger partial charge on any atom is -0.494 e. The number of fused-ring (bicyclic) bond motifs is 3. The number of aromatic amines is 1. The van der Waals surface area contributed by atoms with Crippen molar-refractivity contribution in [2.75, 3.05) is 7.11 Å². The fourth-order valence-corrected chi connectivity index (χ4v) is 2.87. The Labute approximate surface area is 112 Å². The summed E-state index contributed by atoms with van der Waals surface area (Å²) in [7, 11) is 1.70. The molecule has 0 aliphatic rings. The lowest BCUT2D eigenvalue weighted by Crippen LogP contribution is -1.93. The average Bonchev–Trinajstić information content (AvgIpc) is 2.64. The Morgan fingerprint density at radius 2 is 1.79 bits per heavy atom. The molecule has 19 heavy (non-hydrogen) atoms. The van der Waals surface area contributed by atoms with Gasteiger partial charge in [0.2, 0.25) is 0 Å². The van der Waals surface area contributed by atoms with Crippen molar-refractivity contribution in [2.24, 2.45) is 0 Å². The summed E-state index contributed by atoms with van der Waals surface area (Å²) in [5.74, 6) is 0.854. The van der Waals surface area contributed by atoms with Gasteiger partial charge in [0.25, 0.3) is 0 Å². The zero-order valence-electron chi connectivity index (χ0n) is 12.0. The molecule has 98 valence electrons. The Kier molecular flexibility index (Phi) is 2.52. The maximum Gasteiger partial charge on any atom is 0.145 e. The number of aromatic nitrogens is 2. The number of benzene rings is 1. The molecule has 0 atom stereocenters. The van der Waals surface area contributed by atoms with Gasteiger partial charge < -0.3 is 9.72 Å². The van der Waals surface area contributed by atoms with Crippen molar-refractivity contribution in [1.82, 2.24) is 9.97 Å². The van der Waals surface area contributed by atoms with E-state index in [0.717, 1.165) is 28.2 Å². The molecule has 3 nitrogen and oxygen atoms in total. The Morgan fingerprint density at radius 1 is 1.05 bits per heavy atom. The van der Waals surface area contributed by atoms with E-state index in [4.69, 9.17) is 4.74 Å². The Hall–Kier alpha value is -2.03. The Balaban J connectivity index is 2.64. The van der Waals surface area contributed by atoms with Gasteiger partial charge in [0.1, 0.15) is 5.75 Å². The van der Waals surface area contributed by atoms with Crippen LogP contribution in [0.5, 0.6) is 5.75 Å². The van der Waals surface area contributed by atoms with Gasteiger partial charge in [0.15, 0.2) is 0 Å². The highest BCUT2D eigenvalue weighted by Gasteiger charge is 2.15. The number of rotatable bonds is 1. The molecule has 0 spiro atoms. The number of nitrogens with zero attached hydrogens (tertiary/aromatic N) is 1. The lowest BCUT2D eigenvalue weighted by molar-refractivity contribution is 0.419. The predicted octanol–water partition coefficient (Wildman–Crippen LogP) is 3.96. The van der Waals surface area contributed by atoms with Gasteiger partial charge in [-0.2, -0.15) is 0 Å². The molecule has 0 saturated carbocycles. The second-order valence-electron chi connectivity index (χ2n) is 5.18. The molecule has 0 radical (unpaired) electrons. The summed E-state index contributed by atoms with van der Waals surface area (Å²) in [6, 6.07) is 4.19. The van der Waals surface area contributed by atoms with Crippen LogP contribution in [0.1, 0.15) is 22.5 Å². The number of aryl methyl sites for hydroxylation is 4. The molecule has 3 heteroatoms. The van der Waals surface area contributed by atoms with Gasteiger partial charge in [-0.15, -0.1) is 0 Å². The molecule has 0 aliphatic heterocycles. The molecule has 0 bridgehead atoms. The van der Waals surface area contributed by atoms with Crippen LogP contribution in [-0.2, 0) is 0 Å². The first-order valence-corrected chi connectivity index (χ1v) is 6.46. The number of hydrogen-bond acceptors (Lipinski definition) is 2. The van der Waals surface area contributed by atoms with Crippen LogP contribution in [0.2, 0.25) is 0 Å². The molecule has 3 rings (SSSR count). The van der Waals surface area contributed by atoms with Gasteiger partial charge in [-0.1, -0.05) is 0 Å². The first-order valence-electron chi connectivity index (χ1n) is 6.46. The topological polar surface area (TPSA) is 37.9 Å². The number of H-pyrrole nitrogens is 1. The fraction of sp³-hybridized carbons (Fsp3) is 0.312. The molecule has 2 heterocycles. The van der Waals surface area contributed by atoms with Crippen LogP contribution in [-0.4, -0.2) is 17.1 Å². The van der Waals surface area contributed by atoms with E-state index in [1.165, 1.54) is 21.9 Å². The maximum atomic E-state index is 5.52. The lowest BCUT2D eigenvalue weighted by Gasteiger charge is -2.11. The minimum atomic E-state index is 0.854. The maximum absolute atomic E-state index is 5.52. The summed E-state index contributed by atoms with van der Waals surface area (Å²) in [4.78, 5) is 8.07. The number of nitrogens with one attached hydrogen (secondary N) is 1. The van der Waals surface area contributed by atoms with Crippen molar-refractivity contribution in [3.05, 3.63) is 34.6 Å². The van der Waals surface area contributed by atoms with Crippen LogP contribution < -0.4 is 4.74 Å². The summed E-state index contributed by atoms with van der Waals surface area (Å²) < 4.78 is 5.52. The molecule has 2 aromatic heterocycles. The van der Waals surface area contributed by atoms with Gasteiger partial charge >= 0.3 is 0 Å². The second-order valence-corrected chi connectivity index (χ2v) is 5.18.